The van der Waals surface area contributed by atoms with Crippen molar-refractivity contribution in [1.82, 2.24) is 18.8 Å². The first-order chi connectivity index (χ1) is 22.9. The molecule has 3 heterocycles. The molecule has 0 aliphatic carbocycles. The minimum atomic E-state index is -3.81. The number of ether oxygens (including phenoxy) is 3. The highest BCUT2D eigenvalue weighted by molar-refractivity contribution is 7.89. The van der Waals surface area contributed by atoms with Crippen LogP contribution in [-0.2, 0) is 26.7 Å². The SMILES string of the molecule is CCOCCn1c(N2CCCN(CCC3(c4ccccc4)CCN(S(=O)(=O)c4cc(OC)ccc4OC)C3)CC2)nc2ccccc21. The molecule has 4 aromatic rings. The fourth-order valence-electron chi connectivity index (χ4n) is 7.13. The monoisotopic (exact) mass is 661 g/mol. The number of methoxy groups -OCH3 is 2. The van der Waals surface area contributed by atoms with E-state index in [1.54, 1.807) is 22.5 Å². The van der Waals surface area contributed by atoms with Gasteiger partial charge in [0.1, 0.15) is 16.4 Å². The Morgan fingerprint density at radius 2 is 1.68 bits per heavy atom. The van der Waals surface area contributed by atoms with E-state index in [0.717, 1.165) is 75.5 Å². The molecule has 0 amide bonds. The average molecular weight is 662 g/mol. The van der Waals surface area contributed by atoms with Gasteiger partial charge in [-0.25, -0.2) is 13.4 Å². The number of para-hydroxylation sites is 2. The summed E-state index contributed by atoms with van der Waals surface area (Å²) in [4.78, 5) is 10.2. The quantitative estimate of drug-likeness (QED) is 0.185. The highest BCUT2D eigenvalue weighted by Gasteiger charge is 2.45. The molecule has 0 spiro atoms. The zero-order valence-electron chi connectivity index (χ0n) is 27.8. The maximum absolute atomic E-state index is 14.1. The van der Waals surface area contributed by atoms with Crippen LogP contribution in [0.25, 0.3) is 11.0 Å². The lowest BCUT2D eigenvalue weighted by atomic mass is 9.77. The van der Waals surface area contributed by atoms with Crippen molar-refractivity contribution in [2.24, 2.45) is 0 Å². The molecular weight excluding hydrogens is 614 g/mol. The lowest BCUT2D eigenvalue weighted by molar-refractivity contribution is 0.140. The molecule has 3 aromatic carbocycles. The molecule has 10 nitrogen and oxygen atoms in total. The smallest absolute Gasteiger partial charge is 0.246 e. The van der Waals surface area contributed by atoms with Crippen molar-refractivity contribution >= 4 is 27.0 Å². The Balaban J connectivity index is 1.18. The molecule has 0 N–H and O–H groups in total. The number of anilines is 1. The Morgan fingerprint density at radius 3 is 2.47 bits per heavy atom. The number of imidazole rings is 1. The molecule has 1 atom stereocenters. The van der Waals surface area contributed by atoms with Crippen LogP contribution in [0.2, 0.25) is 0 Å². The van der Waals surface area contributed by atoms with Crippen molar-refractivity contribution in [3.8, 4) is 11.5 Å². The van der Waals surface area contributed by atoms with Crippen molar-refractivity contribution in [3.05, 3.63) is 78.4 Å². The van der Waals surface area contributed by atoms with Gasteiger partial charge < -0.3 is 28.6 Å². The van der Waals surface area contributed by atoms with Crippen LogP contribution in [0.5, 0.6) is 11.5 Å². The predicted octanol–water partition coefficient (Wildman–Crippen LogP) is 5.02. The van der Waals surface area contributed by atoms with Crippen molar-refractivity contribution in [3.63, 3.8) is 0 Å². The standard InChI is InChI=1S/C36H47N5O5S/c1-4-46-26-25-41-32-14-9-8-13-31(32)37-35(41)39-20-10-19-38(23-24-39)21-17-36(29-11-6-5-7-12-29)18-22-40(28-36)47(42,43)34-27-30(44-2)15-16-33(34)45-3/h5-9,11-16,27H,4,10,17-26,28H2,1-3H3. The van der Waals surface area contributed by atoms with Crippen molar-refractivity contribution < 1.29 is 22.6 Å². The summed E-state index contributed by atoms with van der Waals surface area (Å²) in [5, 5.41) is 0. The van der Waals surface area contributed by atoms with Crippen molar-refractivity contribution in [1.29, 1.82) is 0 Å². The first kappa shape index (κ1) is 33.3. The number of hydrogen-bond acceptors (Lipinski definition) is 8. The molecule has 2 aliphatic rings. The van der Waals surface area contributed by atoms with Gasteiger partial charge in [0.05, 0.1) is 31.9 Å². The normalized spacial score (nSPS) is 19.7. The molecule has 0 saturated carbocycles. The van der Waals surface area contributed by atoms with Gasteiger partial charge in [0.15, 0.2) is 0 Å². The number of sulfonamides is 1. The number of nitrogens with zero attached hydrogens (tertiary/aromatic N) is 5. The minimum absolute atomic E-state index is 0.142. The van der Waals surface area contributed by atoms with Gasteiger partial charge in [-0.15, -0.1) is 0 Å². The Bertz CT molecular complexity index is 1750. The maximum Gasteiger partial charge on any atom is 0.246 e. The summed E-state index contributed by atoms with van der Waals surface area (Å²) in [5.41, 5.74) is 3.05. The molecular formula is C36H47N5O5S. The molecule has 0 bridgehead atoms. The van der Waals surface area contributed by atoms with Crippen molar-refractivity contribution in [2.75, 3.05) is 78.1 Å². The topological polar surface area (TPSA) is 89.4 Å². The average Bonchev–Trinajstić information content (AvgIpc) is 3.63. The van der Waals surface area contributed by atoms with Gasteiger partial charge in [0.25, 0.3) is 0 Å². The summed E-state index contributed by atoms with van der Waals surface area (Å²) in [6, 6.07) is 23.7. The van der Waals surface area contributed by atoms with E-state index in [1.165, 1.54) is 19.8 Å². The minimum Gasteiger partial charge on any atom is -0.497 e. The van der Waals surface area contributed by atoms with Crippen molar-refractivity contribution in [2.45, 2.75) is 43.0 Å². The zero-order valence-corrected chi connectivity index (χ0v) is 28.6. The third-order valence-electron chi connectivity index (χ3n) is 9.77. The van der Waals surface area contributed by atoms with E-state index in [-0.39, 0.29) is 10.3 Å². The van der Waals surface area contributed by atoms with E-state index >= 15 is 0 Å². The predicted molar refractivity (Wildman–Crippen MR) is 185 cm³/mol. The third kappa shape index (κ3) is 6.99. The van der Waals surface area contributed by atoms with Crippen LogP contribution in [0.1, 0.15) is 31.7 Å². The molecule has 2 saturated heterocycles. The highest BCUT2D eigenvalue weighted by Crippen LogP contribution is 2.42. The van der Waals surface area contributed by atoms with Crippen LogP contribution < -0.4 is 14.4 Å². The van der Waals surface area contributed by atoms with E-state index in [1.807, 2.05) is 19.1 Å². The van der Waals surface area contributed by atoms with Gasteiger partial charge in [0, 0.05) is 57.4 Å². The summed E-state index contributed by atoms with van der Waals surface area (Å²) in [7, 11) is -0.779. The lowest BCUT2D eigenvalue weighted by Gasteiger charge is -2.33. The van der Waals surface area contributed by atoms with Crippen LogP contribution >= 0.6 is 0 Å². The zero-order chi connectivity index (χ0) is 32.9. The van der Waals surface area contributed by atoms with E-state index in [0.29, 0.717) is 37.8 Å². The number of hydrogen-bond donors (Lipinski definition) is 0. The van der Waals surface area contributed by atoms with E-state index in [4.69, 9.17) is 19.2 Å². The molecule has 2 fully saturated rings. The molecule has 1 unspecified atom stereocenters. The summed E-state index contributed by atoms with van der Waals surface area (Å²) in [5.74, 6) is 1.82. The molecule has 252 valence electrons. The molecule has 6 rings (SSSR count). The first-order valence-corrected chi connectivity index (χ1v) is 18.1. The van der Waals surface area contributed by atoms with Gasteiger partial charge in [-0.05, 0) is 69.1 Å². The largest absolute Gasteiger partial charge is 0.497 e. The number of rotatable bonds is 13. The van der Waals surface area contributed by atoms with Gasteiger partial charge in [0.2, 0.25) is 16.0 Å². The Hall–Kier alpha value is -3.64. The highest BCUT2D eigenvalue weighted by atomic mass is 32.2. The third-order valence-corrected chi connectivity index (χ3v) is 11.6. The second-order valence-corrected chi connectivity index (χ2v) is 14.3. The van der Waals surface area contributed by atoms with Crippen LogP contribution in [0, 0.1) is 0 Å². The second-order valence-electron chi connectivity index (χ2n) is 12.4. The Labute approximate surface area is 278 Å². The number of benzene rings is 3. The summed E-state index contributed by atoms with van der Waals surface area (Å²) < 4.78 is 48.6. The molecule has 11 heteroatoms. The first-order valence-electron chi connectivity index (χ1n) is 16.7. The fourth-order valence-corrected chi connectivity index (χ4v) is 8.83. The summed E-state index contributed by atoms with van der Waals surface area (Å²) in [6.45, 7) is 9.63. The van der Waals surface area contributed by atoms with Crippen LogP contribution in [0.15, 0.2) is 77.7 Å². The van der Waals surface area contributed by atoms with Gasteiger partial charge in [-0.3, -0.25) is 0 Å². The lowest BCUT2D eigenvalue weighted by Crippen LogP contribution is -2.39. The van der Waals surface area contributed by atoms with Gasteiger partial charge in [-0.2, -0.15) is 4.31 Å². The maximum atomic E-state index is 14.1. The number of fused-ring (bicyclic) bond motifs is 1. The Kier molecular flexibility index (Phi) is 10.4. The Morgan fingerprint density at radius 1 is 0.872 bits per heavy atom. The molecule has 0 radical (unpaired) electrons. The van der Waals surface area contributed by atoms with Crippen LogP contribution in [0.3, 0.4) is 0 Å². The second kappa shape index (κ2) is 14.6. The molecule has 47 heavy (non-hydrogen) atoms. The van der Waals surface area contributed by atoms with Crippen LogP contribution in [-0.4, -0.2) is 100 Å². The van der Waals surface area contributed by atoms with Gasteiger partial charge in [-0.1, -0.05) is 42.5 Å². The van der Waals surface area contributed by atoms with E-state index in [9.17, 15) is 8.42 Å². The number of aromatic nitrogens is 2. The van der Waals surface area contributed by atoms with E-state index < -0.39 is 10.0 Å². The summed E-state index contributed by atoms with van der Waals surface area (Å²) in [6.07, 6.45) is 2.65. The molecule has 2 aliphatic heterocycles. The fraction of sp³-hybridized carbons (Fsp3) is 0.472. The molecule has 1 aromatic heterocycles. The van der Waals surface area contributed by atoms with E-state index in [2.05, 4.69) is 56.8 Å². The van der Waals surface area contributed by atoms with Gasteiger partial charge >= 0.3 is 0 Å². The summed E-state index contributed by atoms with van der Waals surface area (Å²) >= 11 is 0. The van der Waals surface area contributed by atoms with Crippen LogP contribution in [0.4, 0.5) is 5.95 Å².